The summed E-state index contributed by atoms with van der Waals surface area (Å²) in [5, 5.41) is 3.22. The standard InChI is InChI=1S/C14H29NO2S/c1-4-6-7-10-18(16,17)14-11-12(3)8-9-13(14)15-5-2/h12-15H,4-11H2,1-3H3. The van der Waals surface area contributed by atoms with Gasteiger partial charge in [0.15, 0.2) is 9.84 Å². The number of rotatable bonds is 7. The van der Waals surface area contributed by atoms with Crippen LogP contribution in [0.2, 0.25) is 0 Å². The van der Waals surface area contributed by atoms with Crippen LogP contribution in [0.25, 0.3) is 0 Å². The summed E-state index contributed by atoms with van der Waals surface area (Å²) in [6.07, 6.45) is 5.92. The molecule has 0 bridgehead atoms. The van der Waals surface area contributed by atoms with Gasteiger partial charge in [0.25, 0.3) is 0 Å². The van der Waals surface area contributed by atoms with Crippen molar-refractivity contribution >= 4 is 9.84 Å². The number of hydrogen-bond acceptors (Lipinski definition) is 3. The number of nitrogens with one attached hydrogen (secondary N) is 1. The van der Waals surface area contributed by atoms with Gasteiger partial charge >= 0.3 is 0 Å². The van der Waals surface area contributed by atoms with Gasteiger partial charge in [0, 0.05) is 6.04 Å². The molecule has 1 saturated carbocycles. The third kappa shape index (κ3) is 4.54. The highest BCUT2D eigenvalue weighted by Gasteiger charge is 2.36. The topological polar surface area (TPSA) is 46.2 Å². The van der Waals surface area contributed by atoms with Gasteiger partial charge in [0.1, 0.15) is 0 Å². The molecule has 1 rings (SSSR count). The molecule has 0 saturated heterocycles. The monoisotopic (exact) mass is 275 g/mol. The second-order valence-corrected chi connectivity index (χ2v) is 8.03. The average Bonchev–Trinajstić information content (AvgIpc) is 2.32. The fraction of sp³-hybridized carbons (Fsp3) is 1.00. The van der Waals surface area contributed by atoms with Crippen molar-refractivity contribution in [2.24, 2.45) is 5.92 Å². The highest BCUT2D eigenvalue weighted by molar-refractivity contribution is 7.92. The van der Waals surface area contributed by atoms with Crippen molar-refractivity contribution in [1.82, 2.24) is 5.32 Å². The van der Waals surface area contributed by atoms with Crippen molar-refractivity contribution < 1.29 is 8.42 Å². The predicted molar refractivity (Wildman–Crippen MR) is 77.6 cm³/mol. The van der Waals surface area contributed by atoms with Crippen molar-refractivity contribution in [2.75, 3.05) is 12.3 Å². The van der Waals surface area contributed by atoms with E-state index in [9.17, 15) is 8.42 Å². The summed E-state index contributed by atoms with van der Waals surface area (Å²) in [7, 11) is -2.92. The molecule has 0 radical (unpaired) electrons. The van der Waals surface area contributed by atoms with Crippen LogP contribution in [0, 0.1) is 5.92 Å². The second kappa shape index (κ2) is 7.49. The minimum atomic E-state index is -2.92. The van der Waals surface area contributed by atoms with Crippen molar-refractivity contribution in [3.8, 4) is 0 Å². The largest absolute Gasteiger partial charge is 0.313 e. The van der Waals surface area contributed by atoms with Gasteiger partial charge in [-0.2, -0.15) is 0 Å². The lowest BCUT2D eigenvalue weighted by Gasteiger charge is -2.35. The first-order chi connectivity index (χ1) is 8.51. The summed E-state index contributed by atoms with van der Waals surface area (Å²) < 4.78 is 24.9. The summed E-state index contributed by atoms with van der Waals surface area (Å²) in [4.78, 5) is 0. The third-order valence-electron chi connectivity index (χ3n) is 4.01. The van der Waals surface area contributed by atoms with Crippen LogP contribution in [0.5, 0.6) is 0 Å². The molecule has 108 valence electrons. The maximum absolute atomic E-state index is 12.5. The van der Waals surface area contributed by atoms with E-state index in [0.717, 1.165) is 45.1 Å². The fourth-order valence-corrected chi connectivity index (χ4v) is 5.19. The maximum Gasteiger partial charge on any atom is 0.154 e. The van der Waals surface area contributed by atoms with Crippen molar-refractivity contribution in [3.05, 3.63) is 0 Å². The van der Waals surface area contributed by atoms with Gasteiger partial charge in [-0.15, -0.1) is 0 Å². The Morgan fingerprint density at radius 3 is 2.50 bits per heavy atom. The lowest BCUT2D eigenvalue weighted by atomic mass is 9.87. The van der Waals surface area contributed by atoms with Crippen LogP contribution in [0.3, 0.4) is 0 Å². The summed E-state index contributed by atoms with van der Waals surface area (Å²) in [6, 6.07) is 0.179. The molecule has 3 atom stereocenters. The highest BCUT2D eigenvalue weighted by Crippen LogP contribution is 2.29. The average molecular weight is 275 g/mol. The molecule has 0 aromatic heterocycles. The summed E-state index contributed by atoms with van der Waals surface area (Å²) >= 11 is 0. The van der Waals surface area contributed by atoms with Gasteiger partial charge in [0.2, 0.25) is 0 Å². The van der Waals surface area contributed by atoms with E-state index >= 15 is 0 Å². The Bertz CT molecular complexity index is 327. The first-order valence-electron chi connectivity index (χ1n) is 7.46. The molecule has 1 N–H and O–H groups in total. The van der Waals surface area contributed by atoms with Crippen LogP contribution in [0.4, 0.5) is 0 Å². The predicted octanol–water partition coefficient (Wildman–Crippen LogP) is 2.76. The van der Waals surface area contributed by atoms with Crippen LogP contribution in [-0.4, -0.2) is 32.0 Å². The van der Waals surface area contributed by atoms with Gasteiger partial charge in [0.05, 0.1) is 11.0 Å². The maximum atomic E-state index is 12.5. The van der Waals surface area contributed by atoms with E-state index in [-0.39, 0.29) is 11.3 Å². The molecule has 1 aliphatic rings. The second-order valence-electron chi connectivity index (χ2n) is 5.69. The molecule has 0 heterocycles. The number of hydrogen-bond donors (Lipinski definition) is 1. The molecular weight excluding hydrogens is 246 g/mol. The Hall–Kier alpha value is -0.0900. The SMILES string of the molecule is CCCCCS(=O)(=O)C1CC(C)CCC1NCC. The van der Waals surface area contributed by atoms with Gasteiger partial charge < -0.3 is 5.32 Å². The number of sulfone groups is 1. The van der Waals surface area contributed by atoms with Crippen molar-refractivity contribution in [2.45, 2.75) is 70.6 Å². The Labute approximate surface area is 113 Å². The molecule has 0 spiro atoms. The zero-order valence-corrected chi connectivity index (χ0v) is 12.9. The molecule has 4 heteroatoms. The van der Waals surface area contributed by atoms with Crippen LogP contribution in [0.1, 0.15) is 59.3 Å². The Morgan fingerprint density at radius 2 is 1.89 bits per heavy atom. The van der Waals surface area contributed by atoms with Crippen LogP contribution < -0.4 is 5.32 Å². The Balaban J connectivity index is 2.67. The first kappa shape index (κ1) is 16.0. The third-order valence-corrected chi connectivity index (χ3v) is 6.32. The summed E-state index contributed by atoms with van der Waals surface area (Å²) in [5.74, 6) is 0.922. The highest BCUT2D eigenvalue weighted by atomic mass is 32.2. The molecule has 3 unspecified atom stereocenters. The van der Waals surface area contributed by atoms with E-state index in [1.165, 1.54) is 0 Å². The molecule has 0 aromatic rings. The summed E-state index contributed by atoms with van der Waals surface area (Å²) in [5.41, 5.74) is 0. The van der Waals surface area contributed by atoms with Crippen LogP contribution in [-0.2, 0) is 9.84 Å². The lowest BCUT2D eigenvalue weighted by molar-refractivity contribution is 0.311. The van der Waals surface area contributed by atoms with E-state index in [2.05, 4.69) is 26.1 Å². The number of unbranched alkanes of at least 4 members (excludes halogenated alkanes) is 2. The molecular formula is C14H29NO2S. The zero-order chi connectivity index (χ0) is 13.6. The molecule has 0 amide bonds. The Morgan fingerprint density at radius 1 is 1.17 bits per heavy atom. The molecule has 1 aliphatic carbocycles. The van der Waals surface area contributed by atoms with Crippen LogP contribution >= 0.6 is 0 Å². The Kier molecular flexibility index (Phi) is 6.64. The minimum absolute atomic E-state index is 0.155. The van der Waals surface area contributed by atoms with E-state index in [0.29, 0.717) is 11.7 Å². The first-order valence-corrected chi connectivity index (χ1v) is 9.17. The molecule has 1 fully saturated rings. The van der Waals surface area contributed by atoms with E-state index in [1.54, 1.807) is 0 Å². The van der Waals surface area contributed by atoms with Gasteiger partial charge in [-0.05, 0) is 38.1 Å². The quantitative estimate of drug-likeness (QED) is 0.727. The van der Waals surface area contributed by atoms with Crippen LogP contribution in [0.15, 0.2) is 0 Å². The summed E-state index contributed by atoms with van der Waals surface area (Å²) in [6.45, 7) is 7.20. The minimum Gasteiger partial charge on any atom is -0.313 e. The van der Waals surface area contributed by atoms with Gasteiger partial charge in [-0.25, -0.2) is 8.42 Å². The molecule has 0 aromatic carbocycles. The van der Waals surface area contributed by atoms with E-state index in [4.69, 9.17) is 0 Å². The zero-order valence-electron chi connectivity index (χ0n) is 12.1. The smallest absolute Gasteiger partial charge is 0.154 e. The van der Waals surface area contributed by atoms with E-state index < -0.39 is 9.84 Å². The lowest BCUT2D eigenvalue weighted by Crippen LogP contribution is -2.48. The van der Waals surface area contributed by atoms with Gasteiger partial charge in [-0.3, -0.25) is 0 Å². The fourth-order valence-electron chi connectivity index (χ4n) is 2.93. The molecule has 0 aliphatic heterocycles. The molecule has 18 heavy (non-hydrogen) atoms. The van der Waals surface area contributed by atoms with E-state index in [1.807, 2.05) is 0 Å². The van der Waals surface area contributed by atoms with Crippen molar-refractivity contribution in [1.29, 1.82) is 0 Å². The van der Waals surface area contributed by atoms with Crippen molar-refractivity contribution in [3.63, 3.8) is 0 Å². The van der Waals surface area contributed by atoms with Gasteiger partial charge in [-0.1, -0.05) is 33.6 Å². The normalized spacial score (nSPS) is 29.4. The molecule has 3 nitrogen and oxygen atoms in total.